The minimum atomic E-state index is 0.246. The summed E-state index contributed by atoms with van der Waals surface area (Å²) in [4.78, 5) is 2.67. The van der Waals surface area contributed by atoms with Gasteiger partial charge >= 0.3 is 0 Å². The van der Waals surface area contributed by atoms with Gasteiger partial charge in [0, 0.05) is 52.0 Å². The Labute approximate surface area is 122 Å². The van der Waals surface area contributed by atoms with Crippen LogP contribution in [0, 0.1) is 11.3 Å². The van der Waals surface area contributed by atoms with Gasteiger partial charge in [-0.15, -0.1) is 0 Å². The Morgan fingerprint density at radius 1 is 1.20 bits per heavy atom. The van der Waals surface area contributed by atoms with Crippen molar-refractivity contribution in [1.82, 2.24) is 4.90 Å². The van der Waals surface area contributed by atoms with Crippen LogP contribution in [0.4, 0.5) is 0 Å². The lowest BCUT2D eigenvalue weighted by Crippen LogP contribution is -2.57. The quantitative estimate of drug-likeness (QED) is 0.789. The molecule has 4 nitrogen and oxygen atoms in total. The smallest absolute Gasteiger partial charge is 0.0677 e. The first kappa shape index (κ1) is 14.8. The van der Waals surface area contributed by atoms with Crippen molar-refractivity contribution in [2.24, 2.45) is 11.3 Å². The van der Waals surface area contributed by atoms with E-state index < -0.39 is 0 Å². The lowest BCUT2D eigenvalue weighted by molar-refractivity contribution is -0.150. The molecule has 4 heteroatoms. The number of fused-ring (bicyclic) bond motifs is 1. The average Bonchev–Trinajstić information content (AvgIpc) is 2.48. The van der Waals surface area contributed by atoms with Gasteiger partial charge in [0.25, 0.3) is 0 Å². The fourth-order valence-electron chi connectivity index (χ4n) is 4.33. The van der Waals surface area contributed by atoms with Gasteiger partial charge < -0.3 is 19.1 Å². The van der Waals surface area contributed by atoms with E-state index in [1.54, 1.807) is 0 Å². The summed E-state index contributed by atoms with van der Waals surface area (Å²) in [6.45, 7) is 7.27. The summed E-state index contributed by atoms with van der Waals surface area (Å²) in [6, 6.07) is 0. The van der Waals surface area contributed by atoms with Gasteiger partial charge in [-0.25, -0.2) is 0 Å². The highest BCUT2D eigenvalue weighted by molar-refractivity contribution is 4.96. The van der Waals surface area contributed by atoms with Crippen molar-refractivity contribution in [2.75, 3.05) is 53.2 Å². The largest absolute Gasteiger partial charge is 0.384 e. The second-order valence-corrected chi connectivity index (χ2v) is 6.84. The number of piperidine rings is 1. The molecule has 116 valence electrons. The Morgan fingerprint density at radius 3 is 2.85 bits per heavy atom. The van der Waals surface area contributed by atoms with Gasteiger partial charge in [0.2, 0.25) is 0 Å². The Hall–Kier alpha value is -0.160. The van der Waals surface area contributed by atoms with Crippen LogP contribution in [0.25, 0.3) is 0 Å². The molecule has 3 saturated heterocycles. The maximum atomic E-state index is 6.05. The van der Waals surface area contributed by atoms with Gasteiger partial charge in [0.15, 0.2) is 0 Å². The second kappa shape index (κ2) is 6.73. The number of hydrogen-bond donors (Lipinski definition) is 0. The molecule has 0 unspecified atom stereocenters. The number of nitrogens with zero attached hydrogens (tertiary/aromatic N) is 1. The number of hydrogen-bond acceptors (Lipinski definition) is 4. The number of ether oxygens (including phenoxy) is 3. The van der Waals surface area contributed by atoms with E-state index in [1.807, 2.05) is 7.11 Å². The Balaban J connectivity index is 1.60. The topological polar surface area (TPSA) is 30.9 Å². The first-order valence-electron chi connectivity index (χ1n) is 8.23. The average molecular weight is 283 g/mol. The molecule has 0 bridgehead atoms. The van der Waals surface area contributed by atoms with Gasteiger partial charge in [-0.1, -0.05) is 0 Å². The zero-order valence-electron chi connectivity index (χ0n) is 12.8. The molecule has 0 aliphatic carbocycles. The third-order valence-electron chi connectivity index (χ3n) is 5.36. The molecule has 0 aromatic rings. The molecule has 0 spiro atoms. The lowest BCUT2D eigenvalue weighted by Gasteiger charge is -2.50. The Bertz CT molecular complexity index is 302. The van der Waals surface area contributed by atoms with E-state index in [0.29, 0.717) is 6.10 Å². The van der Waals surface area contributed by atoms with Gasteiger partial charge in [-0.2, -0.15) is 0 Å². The van der Waals surface area contributed by atoms with Gasteiger partial charge in [0.1, 0.15) is 0 Å². The summed E-state index contributed by atoms with van der Waals surface area (Å²) >= 11 is 0. The predicted molar refractivity (Wildman–Crippen MR) is 77.9 cm³/mol. The van der Waals surface area contributed by atoms with Crippen molar-refractivity contribution in [1.29, 1.82) is 0 Å². The van der Waals surface area contributed by atoms with Crippen LogP contribution < -0.4 is 0 Å². The summed E-state index contributed by atoms with van der Waals surface area (Å²) in [6.07, 6.45) is 6.50. The van der Waals surface area contributed by atoms with Crippen molar-refractivity contribution in [3.63, 3.8) is 0 Å². The van der Waals surface area contributed by atoms with Crippen molar-refractivity contribution in [3.05, 3.63) is 0 Å². The molecule has 3 rings (SSSR count). The van der Waals surface area contributed by atoms with E-state index in [4.69, 9.17) is 14.2 Å². The van der Waals surface area contributed by atoms with E-state index in [1.165, 1.54) is 45.2 Å². The summed E-state index contributed by atoms with van der Waals surface area (Å²) in [5.41, 5.74) is 0.246. The van der Waals surface area contributed by atoms with Crippen molar-refractivity contribution >= 4 is 0 Å². The first-order valence-corrected chi connectivity index (χ1v) is 8.23. The number of rotatable bonds is 4. The SMILES string of the molecule is COC[C@]12CCCO[C@H]1CCN(CC1CCOCC1)C2. The molecular formula is C16H29NO3. The van der Waals surface area contributed by atoms with Crippen LogP contribution in [0.3, 0.4) is 0 Å². The first-order chi connectivity index (χ1) is 9.82. The molecule has 3 heterocycles. The van der Waals surface area contributed by atoms with Crippen LogP contribution in [0.15, 0.2) is 0 Å². The van der Waals surface area contributed by atoms with Crippen LogP contribution in [0.1, 0.15) is 32.1 Å². The number of likely N-dealkylation sites (tertiary alicyclic amines) is 1. The number of methoxy groups -OCH3 is 1. The zero-order valence-corrected chi connectivity index (χ0v) is 12.8. The molecule has 0 N–H and O–H groups in total. The summed E-state index contributed by atoms with van der Waals surface area (Å²) in [5.74, 6) is 0.824. The maximum absolute atomic E-state index is 6.05. The second-order valence-electron chi connectivity index (χ2n) is 6.84. The Morgan fingerprint density at radius 2 is 2.05 bits per heavy atom. The minimum absolute atomic E-state index is 0.246. The lowest BCUT2D eigenvalue weighted by atomic mass is 9.72. The highest BCUT2D eigenvalue weighted by Crippen LogP contribution is 2.40. The summed E-state index contributed by atoms with van der Waals surface area (Å²) in [5, 5.41) is 0. The van der Waals surface area contributed by atoms with E-state index in [0.717, 1.165) is 38.9 Å². The fourth-order valence-corrected chi connectivity index (χ4v) is 4.33. The van der Waals surface area contributed by atoms with Crippen molar-refractivity contribution in [2.45, 2.75) is 38.2 Å². The van der Waals surface area contributed by atoms with Crippen LogP contribution >= 0.6 is 0 Å². The van der Waals surface area contributed by atoms with Gasteiger partial charge in [-0.05, 0) is 38.0 Å². The molecule has 3 fully saturated rings. The molecule has 0 aromatic heterocycles. The third-order valence-corrected chi connectivity index (χ3v) is 5.36. The van der Waals surface area contributed by atoms with E-state index in [2.05, 4.69) is 4.90 Å². The molecule has 0 saturated carbocycles. The molecule has 20 heavy (non-hydrogen) atoms. The summed E-state index contributed by atoms with van der Waals surface area (Å²) < 4.78 is 17.1. The zero-order chi connectivity index (χ0) is 13.8. The molecular weight excluding hydrogens is 254 g/mol. The van der Waals surface area contributed by atoms with Crippen LogP contribution in [0.2, 0.25) is 0 Å². The molecule has 0 amide bonds. The van der Waals surface area contributed by atoms with E-state index >= 15 is 0 Å². The molecule has 3 aliphatic heterocycles. The monoisotopic (exact) mass is 283 g/mol. The van der Waals surface area contributed by atoms with Crippen LogP contribution in [-0.2, 0) is 14.2 Å². The standard InChI is InChI=1S/C16H29NO3/c1-18-13-16-6-2-8-20-15(16)3-7-17(12-16)11-14-4-9-19-10-5-14/h14-15H,2-13H2,1H3/t15-,16+/m0/s1. The highest BCUT2D eigenvalue weighted by atomic mass is 16.5. The van der Waals surface area contributed by atoms with E-state index in [9.17, 15) is 0 Å². The minimum Gasteiger partial charge on any atom is -0.384 e. The normalized spacial score (nSPS) is 36.8. The molecule has 0 aromatic carbocycles. The molecule has 0 radical (unpaired) electrons. The maximum Gasteiger partial charge on any atom is 0.0677 e. The van der Waals surface area contributed by atoms with Gasteiger partial charge in [-0.3, -0.25) is 0 Å². The van der Waals surface area contributed by atoms with E-state index in [-0.39, 0.29) is 5.41 Å². The Kier molecular flexibility index (Phi) is 4.97. The van der Waals surface area contributed by atoms with Crippen LogP contribution in [-0.4, -0.2) is 64.2 Å². The van der Waals surface area contributed by atoms with Crippen LogP contribution in [0.5, 0.6) is 0 Å². The molecule has 2 atom stereocenters. The highest BCUT2D eigenvalue weighted by Gasteiger charge is 2.46. The van der Waals surface area contributed by atoms with Gasteiger partial charge in [0.05, 0.1) is 12.7 Å². The summed E-state index contributed by atoms with van der Waals surface area (Å²) in [7, 11) is 1.83. The third kappa shape index (κ3) is 3.19. The van der Waals surface area contributed by atoms with Crippen molar-refractivity contribution in [3.8, 4) is 0 Å². The van der Waals surface area contributed by atoms with Crippen molar-refractivity contribution < 1.29 is 14.2 Å². The molecule has 3 aliphatic rings. The predicted octanol–water partition coefficient (Wildman–Crippen LogP) is 1.93. The fraction of sp³-hybridized carbons (Fsp3) is 1.00.